The van der Waals surface area contributed by atoms with E-state index in [1.165, 1.54) is 6.92 Å². The van der Waals surface area contributed by atoms with Crippen LogP contribution in [0.3, 0.4) is 0 Å². The summed E-state index contributed by atoms with van der Waals surface area (Å²) >= 11 is 0. The average Bonchev–Trinajstić information content (AvgIpc) is 2.34. The second-order valence-electron chi connectivity index (χ2n) is 2.38. The van der Waals surface area contributed by atoms with Crippen molar-refractivity contribution < 1.29 is 4.79 Å². The molecule has 0 radical (unpaired) electrons. The van der Waals surface area contributed by atoms with Gasteiger partial charge in [0.1, 0.15) is 0 Å². The number of Topliss-reactive ketones (excluding diaryl/α,β-unsaturated/α-hetero) is 1. The lowest BCUT2D eigenvalue weighted by Crippen LogP contribution is -2.41. The average molecular weight is 156 g/mol. The van der Waals surface area contributed by atoms with E-state index in [9.17, 15) is 4.79 Å². The molecule has 0 amide bonds. The van der Waals surface area contributed by atoms with Crippen LogP contribution in [0.1, 0.15) is 6.92 Å². The summed E-state index contributed by atoms with van der Waals surface area (Å²) in [4.78, 5) is 10.7. The summed E-state index contributed by atoms with van der Waals surface area (Å²) in [7, 11) is 0. The van der Waals surface area contributed by atoms with Crippen molar-refractivity contribution in [3.05, 3.63) is 11.9 Å². The first-order valence-electron chi connectivity index (χ1n) is 3.41. The maximum Gasteiger partial charge on any atom is 0.150 e. The molecule has 5 heteroatoms. The lowest BCUT2D eigenvalue weighted by molar-refractivity contribution is -0.118. The summed E-state index contributed by atoms with van der Waals surface area (Å²) < 4.78 is 0. The molecule has 1 aliphatic heterocycles. The van der Waals surface area contributed by atoms with Gasteiger partial charge in [-0.2, -0.15) is 0 Å². The molecule has 5 nitrogen and oxygen atoms in total. The van der Waals surface area contributed by atoms with Crippen molar-refractivity contribution in [3.63, 3.8) is 0 Å². The SMILES string of the molecule is CC(=O)CN1NNC=C1CN. The molecule has 1 rings (SSSR count). The Morgan fingerprint density at radius 1 is 1.82 bits per heavy atom. The van der Waals surface area contributed by atoms with Crippen LogP contribution in [0.5, 0.6) is 0 Å². The molecule has 0 bridgehead atoms. The number of ketones is 1. The van der Waals surface area contributed by atoms with Gasteiger partial charge < -0.3 is 11.2 Å². The molecule has 0 aliphatic carbocycles. The highest BCUT2D eigenvalue weighted by Crippen LogP contribution is 2.00. The van der Waals surface area contributed by atoms with E-state index in [2.05, 4.69) is 11.0 Å². The molecule has 0 saturated carbocycles. The van der Waals surface area contributed by atoms with Crippen LogP contribution in [0.2, 0.25) is 0 Å². The molecule has 11 heavy (non-hydrogen) atoms. The zero-order valence-corrected chi connectivity index (χ0v) is 6.42. The van der Waals surface area contributed by atoms with Gasteiger partial charge in [-0.25, -0.2) is 0 Å². The van der Waals surface area contributed by atoms with E-state index in [0.717, 1.165) is 5.70 Å². The highest BCUT2D eigenvalue weighted by Gasteiger charge is 2.13. The first-order valence-corrected chi connectivity index (χ1v) is 3.41. The number of hydrogen-bond acceptors (Lipinski definition) is 5. The number of nitrogens with zero attached hydrogens (tertiary/aromatic N) is 1. The van der Waals surface area contributed by atoms with Crippen molar-refractivity contribution in [3.8, 4) is 0 Å². The van der Waals surface area contributed by atoms with Crippen molar-refractivity contribution in [1.29, 1.82) is 0 Å². The fourth-order valence-electron chi connectivity index (χ4n) is 0.876. The Morgan fingerprint density at radius 2 is 2.55 bits per heavy atom. The van der Waals surface area contributed by atoms with Crippen molar-refractivity contribution in [2.45, 2.75) is 6.92 Å². The van der Waals surface area contributed by atoms with E-state index < -0.39 is 0 Å². The second kappa shape index (κ2) is 3.36. The molecule has 1 aliphatic rings. The zero-order chi connectivity index (χ0) is 8.27. The Kier molecular flexibility index (Phi) is 2.45. The Hall–Kier alpha value is -1.07. The fourth-order valence-corrected chi connectivity index (χ4v) is 0.876. The van der Waals surface area contributed by atoms with E-state index >= 15 is 0 Å². The Bertz CT molecular complexity index is 189. The molecule has 62 valence electrons. The Morgan fingerprint density at radius 3 is 3.09 bits per heavy atom. The minimum Gasteiger partial charge on any atom is -0.325 e. The summed E-state index contributed by atoms with van der Waals surface area (Å²) in [5.74, 6) is 0.0977. The van der Waals surface area contributed by atoms with Gasteiger partial charge in [0.25, 0.3) is 0 Å². The topological polar surface area (TPSA) is 70.4 Å². The quantitative estimate of drug-likeness (QED) is 0.474. The van der Waals surface area contributed by atoms with Gasteiger partial charge in [-0.05, 0) is 6.92 Å². The van der Waals surface area contributed by atoms with Gasteiger partial charge in [-0.15, -0.1) is 5.53 Å². The molecule has 0 saturated heterocycles. The zero-order valence-electron chi connectivity index (χ0n) is 6.42. The van der Waals surface area contributed by atoms with Crippen LogP contribution in [0.25, 0.3) is 0 Å². The minimum atomic E-state index is 0.0977. The van der Waals surface area contributed by atoms with E-state index in [4.69, 9.17) is 5.73 Å². The third-order valence-electron chi connectivity index (χ3n) is 1.37. The third kappa shape index (κ3) is 1.92. The first kappa shape index (κ1) is 8.03. The third-order valence-corrected chi connectivity index (χ3v) is 1.37. The molecule has 0 spiro atoms. The lowest BCUT2D eigenvalue weighted by atomic mass is 10.4. The first-order chi connectivity index (χ1) is 5.24. The number of hydrogen-bond donors (Lipinski definition) is 3. The van der Waals surface area contributed by atoms with Crippen LogP contribution >= 0.6 is 0 Å². The van der Waals surface area contributed by atoms with E-state index in [-0.39, 0.29) is 5.78 Å². The van der Waals surface area contributed by atoms with Crippen molar-refractivity contribution >= 4 is 5.78 Å². The number of carbonyl (C=O) groups is 1. The maximum absolute atomic E-state index is 10.7. The van der Waals surface area contributed by atoms with E-state index in [1.807, 2.05) is 0 Å². The number of nitrogens with one attached hydrogen (secondary N) is 2. The summed E-state index contributed by atoms with van der Waals surface area (Å²) in [5, 5.41) is 1.68. The summed E-state index contributed by atoms with van der Waals surface area (Å²) in [6, 6.07) is 0. The molecular formula is C6H12N4O. The summed E-state index contributed by atoms with van der Waals surface area (Å²) in [6.07, 6.45) is 1.74. The van der Waals surface area contributed by atoms with Gasteiger partial charge >= 0.3 is 0 Å². The summed E-state index contributed by atoms with van der Waals surface area (Å²) in [6.45, 7) is 2.30. The molecule has 4 N–H and O–H groups in total. The minimum absolute atomic E-state index is 0.0977. The number of nitrogens with two attached hydrogens (primary N) is 1. The molecule has 0 aromatic carbocycles. The van der Waals surface area contributed by atoms with E-state index in [1.54, 1.807) is 11.2 Å². The van der Waals surface area contributed by atoms with Gasteiger partial charge in [0.15, 0.2) is 5.78 Å². The normalized spacial score (nSPS) is 16.2. The molecule has 1 heterocycles. The van der Waals surface area contributed by atoms with Crippen molar-refractivity contribution in [2.24, 2.45) is 5.73 Å². The van der Waals surface area contributed by atoms with Gasteiger partial charge in [0.05, 0.1) is 12.2 Å². The number of rotatable bonds is 3. The largest absolute Gasteiger partial charge is 0.325 e. The van der Waals surface area contributed by atoms with Crippen molar-refractivity contribution in [1.82, 2.24) is 16.0 Å². The van der Waals surface area contributed by atoms with Gasteiger partial charge in [0.2, 0.25) is 0 Å². The molecule has 0 aromatic rings. The van der Waals surface area contributed by atoms with Crippen LogP contribution in [-0.2, 0) is 4.79 Å². The molecule has 0 unspecified atom stereocenters. The van der Waals surface area contributed by atoms with Gasteiger partial charge in [0, 0.05) is 12.7 Å². The predicted octanol–water partition coefficient (Wildman–Crippen LogP) is -1.30. The standard InChI is InChI=1S/C6H12N4O/c1-5(11)4-10-6(2-7)3-8-9-10/h3,8-9H,2,4,7H2,1H3. The van der Waals surface area contributed by atoms with Crippen molar-refractivity contribution in [2.75, 3.05) is 13.1 Å². The van der Waals surface area contributed by atoms with Crippen LogP contribution < -0.4 is 16.7 Å². The highest BCUT2D eigenvalue weighted by atomic mass is 16.1. The monoisotopic (exact) mass is 156 g/mol. The Balaban J connectivity index is 2.46. The number of hydrazine groups is 2. The van der Waals surface area contributed by atoms with Crippen LogP contribution in [0.15, 0.2) is 11.9 Å². The summed E-state index contributed by atoms with van der Waals surface area (Å²) in [5.41, 5.74) is 11.8. The maximum atomic E-state index is 10.7. The van der Waals surface area contributed by atoms with Crippen LogP contribution in [0, 0.1) is 0 Å². The van der Waals surface area contributed by atoms with E-state index in [0.29, 0.717) is 13.1 Å². The van der Waals surface area contributed by atoms with Gasteiger partial charge in [-0.1, -0.05) is 0 Å². The molecule has 0 atom stereocenters. The highest BCUT2D eigenvalue weighted by molar-refractivity contribution is 5.77. The van der Waals surface area contributed by atoms with Crippen LogP contribution in [0.4, 0.5) is 0 Å². The molecular weight excluding hydrogens is 144 g/mol. The Labute approximate surface area is 65.2 Å². The molecule has 0 fully saturated rings. The smallest absolute Gasteiger partial charge is 0.150 e. The lowest BCUT2D eigenvalue weighted by Gasteiger charge is -2.18. The fraction of sp³-hybridized carbons (Fsp3) is 0.500. The predicted molar refractivity (Wildman–Crippen MR) is 40.8 cm³/mol. The number of carbonyl (C=O) groups excluding carboxylic acids is 1. The van der Waals surface area contributed by atoms with Gasteiger partial charge in [-0.3, -0.25) is 9.80 Å². The second-order valence-corrected chi connectivity index (χ2v) is 2.38. The molecule has 0 aromatic heterocycles. The van der Waals surface area contributed by atoms with Crippen LogP contribution in [-0.4, -0.2) is 23.9 Å².